The molecule has 3 rings (SSSR count). The molecule has 1 aromatic carbocycles. The highest BCUT2D eigenvalue weighted by Crippen LogP contribution is 2.34. The molecule has 0 bridgehead atoms. The normalized spacial score (nSPS) is 15.6. The van der Waals surface area contributed by atoms with Crippen LogP contribution in [0.3, 0.4) is 0 Å². The molecule has 0 atom stereocenters. The zero-order chi connectivity index (χ0) is 15.9. The Labute approximate surface area is 133 Å². The smallest absolute Gasteiger partial charge is 0.147 e. The summed E-state index contributed by atoms with van der Waals surface area (Å²) in [5.41, 5.74) is 1.03. The molecule has 0 spiro atoms. The van der Waals surface area contributed by atoms with Gasteiger partial charge in [-0.05, 0) is 18.9 Å². The van der Waals surface area contributed by atoms with Gasteiger partial charge in [0.15, 0.2) is 0 Å². The Bertz CT molecular complexity index is 682. The molecule has 1 aliphatic rings. The fraction of sp³-hybridized carbons (Fsp3) is 0.471. The molecule has 0 saturated carbocycles. The van der Waals surface area contributed by atoms with Crippen LogP contribution >= 0.6 is 11.3 Å². The quantitative estimate of drug-likeness (QED) is 0.774. The molecule has 22 heavy (non-hydrogen) atoms. The first kappa shape index (κ1) is 15.4. The van der Waals surface area contributed by atoms with Crippen LogP contribution in [0.2, 0.25) is 0 Å². The molecule has 0 aliphatic carbocycles. The predicted octanol–water partition coefficient (Wildman–Crippen LogP) is 4.99. The van der Waals surface area contributed by atoms with Gasteiger partial charge in [-0.2, -0.15) is 0 Å². The average Bonchev–Trinajstić information content (AvgIpc) is 3.09. The lowest BCUT2D eigenvalue weighted by Crippen LogP contribution is -2.19. The van der Waals surface area contributed by atoms with E-state index in [0.29, 0.717) is 11.4 Å². The fourth-order valence-electron chi connectivity index (χ4n) is 2.67. The van der Waals surface area contributed by atoms with Crippen LogP contribution in [-0.4, -0.2) is 18.1 Å². The minimum Gasteiger partial charge on any atom is -0.369 e. The van der Waals surface area contributed by atoms with E-state index >= 15 is 0 Å². The molecule has 1 fully saturated rings. The standard InChI is InChI=1S/C17H20F2N2S/c1-17(2,3)16-20-14(10-22-16)11-8-13(19)15(9-12(11)18)21-6-4-5-7-21/h8-10H,4-7H2,1-3H3. The molecule has 1 aromatic heterocycles. The number of nitrogens with zero attached hydrogens (tertiary/aromatic N) is 2. The lowest BCUT2D eigenvalue weighted by molar-refractivity contribution is 0.584. The van der Waals surface area contributed by atoms with Gasteiger partial charge in [0.2, 0.25) is 0 Å². The third-order valence-corrected chi connectivity index (χ3v) is 5.17. The van der Waals surface area contributed by atoms with Crippen molar-refractivity contribution in [1.29, 1.82) is 0 Å². The van der Waals surface area contributed by atoms with Gasteiger partial charge in [-0.3, -0.25) is 0 Å². The fourth-order valence-corrected chi connectivity index (χ4v) is 3.58. The maximum absolute atomic E-state index is 14.4. The summed E-state index contributed by atoms with van der Waals surface area (Å²) < 4.78 is 28.8. The minimum atomic E-state index is -0.408. The molecule has 2 aromatic rings. The topological polar surface area (TPSA) is 16.1 Å². The van der Waals surface area contributed by atoms with E-state index in [0.717, 1.165) is 30.9 Å². The summed E-state index contributed by atoms with van der Waals surface area (Å²) in [6.45, 7) is 7.76. The van der Waals surface area contributed by atoms with Crippen LogP contribution in [0.4, 0.5) is 14.5 Å². The maximum atomic E-state index is 14.4. The van der Waals surface area contributed by atoms with Gasteiger partial charge in [0, 0.05) is 35.5 Å². The number of hydrogen-bond acceptors (Lipinski definition) is 3. The lowest BCUT2D eigenvalue weighted by atomic mass is 9.98. The van der Waals surface area contributed by atoms with Crippen LogP contribution in [-0.2, 0) is 5.41 Å². The number of benzene rings is 1. The lowest BCUT2D eigenvalue weighted by Gasteiger charge is -2.19. The second-order valence-corrected chi connectivity index (χ2v) is 7.62. The summed E-state index contributed by atoms with van der Waals surface area (Å²) in [6.07, 6.45) is 2.06. The van der Waals surface area contributed by atoms with E-state index in [1.165, 1.54) is 23.5 Å². The highest BCUT2D eigenvalue weighted by molar-refractivity contribution is 7.10. The first-order valence-electron chi connectivity index (χ1n) is 7.56. The molecular weight excluding hydrogens is 302 g/mol. The van der Waals surface area contributed by atoms with Crippen molar-refractivity contribution in [3.05, 3.63) is 34.2 Å². The first-order valence-corrected chi connectivity index (χ1v) is 8.44. The van der Waals surface area contributed by atoms with Gasteiger partial charge in [-0.15, -0.1) is 11.3 Å². The number of anilines is 1. The van der Waals surface area contributed by atoms with Gasteiger partial charge in [0.25, 0.3) is 0 Å². The van der Waals surface area contributed by atoms with Crippen molar-refractivity contribution in [2.45, 2.75) is 39.0 Å². The van der Waals surface area contributed by atoms with Crippen LogP contribution in [0.25, 0.3) is 11.3 Å². The molecule has 0 N–H and O–H groups in total. The van der Waals surface area contributed by atoms with Crippen molar-refractivity contribution < 1.29 is 8.78 Å². The van der Waals surface area contributed by atoms with Gasteiger partial charge in [-0.1, -0.05) is 20.8 Å². The second kappa shape index (κ2) is 5.61. The molecule has 0 radical (unpaired) electrons. The molecule has 5 heteroatoms. The summed E-state index contributed by atoms with van der Waals surface area (Å²) >= 11 is 1.48. The van der Waals surface area contributed by atoms with Crippen molar-refractivity contribution in [2.75, 3.05) is 18.0 Å². The largest absolute Gasteiger partial charge is 0.369 e. The molecule has 118 valence electrons. The number of aromatic nitrogens is 1. The summed E-state index contributed by atoms with van der Waals surface area (Å²) in [7, 11) is 0. The van der Waals surface area contributed by atoms with Crippen LogP contribution in [0.5, 0.6) is 0 Å². The molecule has 1 saturated heterocycles. The van der Waals surface area contributed by atoms with E-state index in [1.54, 1.807) is 5.38 Å². The summed E-state index contributed by atoms with van der Waals surface area (Å²) in [4.78, 5) is 6.39. The van der Waals surface area contributed by atoms with Gasteiger partial charge in [0.1, 0.15) is 11.6 Å². The predicted molar refractivity (Wildman–Crippen MR) is 87.6 cm³/mol. The van der Waals surface area contributed by atoms with Crippen LogP contribution in [0.1, 0.15) is 38.6 Å². The molecule has 1 aliphatic heterocycles. The molecule has 0 unspecified atom stereocenters. The minimum absolute atomic E-state index is 0.0899. The van der Waals surface area contributed by atoms with E-state index < -0.39 is 5.82 Å². The average molecular weight is 322 g/mol. The monoisotopic (exact) mass is 322 g/mol. The summed E-state index contributed by atoms with van der Waals surface area (Å²) in [5, 5.41) is 2.72. The van der Waals surface area contributed by atoms with Crippen LogP contribution in [0.15, 0.2) is 17.5 Å². The Morgan fingerprint density at radius 2 is 1.77 bits per heavy atom. The number of hydrogen-bond donors (Lipinski definition) is 0. The van der Waals surface area contributed by atoms with Crippen molar-refractivity contribution >= 4 is 17.0 Å². The third kappa shape index (κ3) is 2.86. The SMILES string of the molecule is CC(C)(C)c1nc(-c2cc(F)c(N3CCCC3)cc2F)cs1. The molecular formula is C17H20F2N2S. The van der Waals surface area contributed by atoms with Crippen molar-refractivity contribution in [2.24, 2.45) is 0 Å². The van der Waals surface area contributed by atoms with E-state index in [1.807, 2.05) is 4.90 Å². The zero-order valence-corrected chi connectivity index (χ0v) is 13.9. The van der Waals surface area contributed by atoms with E-state index in [2.05, 4.69) is 25.8 Å². The van der Waals surface area contributed by atoms with Gasteiger partial charge >= 0.3 is 0 Å². The Morgan fingerprint density at radius 1 is 1.09 bits per heavy atom. The van der Waals surface area contributed by atoms with E-state index in [4.69, 9.17) is 0 Å². The highest BCUT2D eigenvalue weighted by atomic mass is 32.1. The Balaban J connectivity index is 1.98. The molecule has 0 amide bonds. The van der Waals surface area contributed by atoms with Crippen LogP contribution in [0, 0.1) is 11.6 Å². The first-order chi connectivity index (χ1) is 10.4. The Kier molecular flexibility index (Phi) is 3.93. The summed E-state index contributed by atoms with van der Waals surface area (Å²) in [5.74, 6) is -0.780. The van der Waals surface area contributed by atoms with E-state index in [-0.39, 0.29) is 16.8 Å². The Morgan fingerprint density at radius 3 is 2.36 bits per heavy atom. The Hall–Kier alpha value is -1.49. The number of rotatable bonds is 2. The maximum Gasteiger partial charge on any atom is 0.147 e. The van der Waals surface area contributed by atoms with E-state index in [9.17, 15) is 8.78 Å². The summed E-state index contributed by atoms with van der Waals surface area (Å²) in [6, 6.07) is 2.59. The van der Waals surface area contributed by atoms with Crippen LogP contribution < -0.4 is 4.90 Å². The van der Waals surface area contributed by atoms with Gasteiger partial charge in [-0.25, -0.2) is 13.8 Å². The second-order valence-electron chi connectivity index (χ2n) is 6.77. The third-order valence-electron chi connectivity index (χ3n) is 3.90. The number of thiazole rings is 1. The van der Waals surface area contributed by atoms with Crippen molar-refractivity contribution in [3.8, 4) is 11.3 Å². The number of halogens is 2. The van der Waals surface area contributed by atoms with Gasteiger partial charge < -0.3 is 4.90 Å². The van der Waals surface area contributed by atoms with Crippen molar-refractivity contribution in [1.82, 2.24) is 4.98 Å². The molecule has 2 heterocycles. The molecule has 2 nitrogen and oxygen atoms in total. The van der Waals surface area contributed by atoms with Crippen molar-refractivity contribution in [3.63, 3.8) is 0 Å². The zero-order valence-electron chi connectivity index (χ0n) is 13.1. The highest BCUT2D eigenvalue weighted by Gasteiger charge is 2.22. The van der Waals surface area contributed by atoms with Gasteiger partial charge in [0.05, 0.1) is 16.4 Å².